The zero-order chi connectivity index (χ0) is 21.1. The Balaban J connectivity index is 1.77. The molecule has 4 aromatic rings. The number of thioether (sulfide) groups is 1. The van der Waals surface area contributed by atoms with Crippen molar-refractivity contribution in [3.63, 3.8) is 0 Å². The van der Waals surface area contributed by atoms with Crippen LogP contribution < -0.4 is 0 Å². The number of halogens is 1. The molecule has 2 aliphatic rings. The van der Waals surface area contributed by atoms with Gasteiger partial charge in [-0.2, -0.15) is 0 Å². The highest BCUT2D eigenvalue weighted by atomic mass is 79.9. The van der Waals surface area contributed by atoms with Crippen LogP contribution in [0.2, 0.25) is 0 Å². The lowest BCUT2D eigenvalue weighted by Gasteiger charge is -2.32. The standard InChI is InChI=1S/C27H19BrOS2/c1-15-14-30-23-11-6-16-12-17(28)7-9-19(16)27(23)25(15)26-20-4-2-3-5-22(20)31-24-13-18(29)8-10-21(24)26/h2-13,15,29H,14H2,1H3/b26-25-/t15-/m0/s1. The maximum atomic E-state index is 10.2. The first-order valence-electron chi connectivity index (χ1n) is 10.3. The number of hydrogen-bond donors (Lipinski definition) is 1. The van der Waals surface area contributed by atoms with Crippen LogP contribution in [0.25, 0.3) is 21.9 Å². The van der Waals surface area contributed by atoms with Crippen LogP contribution in [0.4, 0.5) is 0 Å². The predicted octanol–water partition coefficient (Wildman–Crippen LogP) is 8.47. The molecular weight excluding hydrogens is 484 g/mol. The van der Waals surface area contributed by atoms with Gasteiger partial charge < -0.3 is 5.11 Å². The van der Waals surface area contributed by atoms with Gasteiger partial charge in [-0.1, -0.05) is 64.9 Å². The van der Waals surface area contributed by atoms with E-state index >= 15 is 0 Å². The largest absolute Gasteiger partial charge is 0.508 e. The Labute approximate surface area is 198 Å². The molecule has 0 saturated carbocycles. The molecule has 0 unspecified atom stereocenters. The van der Waals surface area contributed by atoms with Crippen molar-refractivity contribution in [1.29, 1.82) is 0 Å². The summed E-state index contributed by atoms with van der Waals surface area (Å²) in [5.41, 5.74) is 6.61. The van der Waals surface area contributed by atoms with E-state index in [1.807, 2.05) is 23.9 Å². The zero-order valence-corrected chi connectivity index (χ0v) is 20.1. The van der Waals surface area contributed by atoms with Crippen LogP contribution >= 0.6 is 39.5 Å². The second kappa shape index (κ2) is 7.47. The number of rotatable bonds is 0. The second-order valence-corrected chi connectivity index (χ2v) is 11.1. The maximum absolute atomic E-state index is 10.2. The molecule has 2 heterocycles. The van der Waals surface area contributed by atoms with Crippen LogP contribution in [-0.4, -0.2) is 10.9 Å². The summed E-state index contributed by atoms with van der Waals surface area (Å²) in [7, 11) is 0. The minimum atomic E-state index is 0.318. The van der Waals surface area contributed by atoms with Gasteiger partial charge in [0.1, 0.15) is 5.75 Å². The normalized spacial score (nSPS) is 19.6. The summed E-state index contributed by atoms with van der Waals surface area (Å²) in [6.07, 6.45) is 0. The SMILES string of the molecule is C[C@H]1CSc2ccc3cc(Br)ccc3c2/C1=C1/c2ccccc2Sc2cc(O)ccc21. The predicted molar refractivity (Wildman–Crippen MR) is 136 cm³/mol. The Morgan fingerprint density at radius 1 is 0.871 bits per heavy atom. The van der Waals surface area contributed by atoms with Gasteiger partial charge in [0.05, 0.1) is 0 Å². The number of phenols is 1. The van der Waals surface area contributed by atoms with Gasteiger partial charge >= 0.3 is 0 Å². The molecule has 1 nitrogen and oxygen atoms in total. The van der Waals surface area contributed by atoms with E-state index in [4.69, 9.17) is 0 Å². The Bertz CT molecular complexity index is 1410. The van der Waals surface area contributed by atoms with Crippen molar-refractivity contribution in [2.45, 2.75) is 21.6 Å². The number of aromatic hydroxyl groups is 1. The first-order chi connectivity index (χ1) is 15.1. The molecule has 4 heteroatoms. The molecule has 4 aromatic carbocycles. The van der Waals surface area contributed by atoms with E-state index in [2.05, 4.69) is 83.5 Å². The van der Waals surface area contributed by atoms with Crippen molar-refractivity contribution in [3.05, 3.63) is 94.0 Å². The maximum Gasteiger partial charge on any atom is 0.116 e. The van der Waals surface area contributed by atoms with E-state index in [1.54, 1.807) is 11.8 Å². The summed E-state index contributed by atoms with van der Waals surface area (Å²) in [5, 5.41) is 12.7. The molecule has 31 heavy (non-hydrogen) atoms. The average molecular weight is 503 g/mol. The third-order valence-electron chi connectivity index (χ3n) is 6.07. The molecular formula is C27H19BrOS2. The zero-order valence-electron chi connectivity index (χ0n) is 16.9. The highest BCUT2D eigenvalue weighted by Gasteiger charge is 2.31. The number of hydrogen-bond acceptors (Lipinski definition) is 3. The highest BCUT2D eigenvalue weighted by Crippen LogP contribution is 2.54. The average Bonchev–Trinajstić information content (AvgIpc) is 2.77. The van der Waals surface area contributed by atoms with Gasteiger partial charge in [0, 0.05) is 24.9 Å². The molecule has 0 aromatic heterocycles. The van der Waals surface area contributed by atoms with Gasteiger partial charge in [0.25, 0.3) is 0 Å². The monoisotopic (exact) mass is 502 g/mol. The van der Waals surface area contributed by atoms with Crippen molar-refractivity contribution in [2.75, 3.05) is 5.75 Å². The smallest absolute Gasteiger partial charge is 0.116 e. The van der Waals surface area contributed by atoms with E-state index in [0.29, 0.717) is 11.7 Å². The second-order valence-electron chi connectivity index (χ2n) is 8.08. The van der Waals surface area contributed by atoms with E-state index < -0.39 is 0 Å². The number of fused-ring (bicyclic) bond motifs is 5. The lowest BCUT2D eigenvalue weighted by molar-refractivity contribution is 0.473. The molecule has 0 fully saturated rings. The topological polar surface area (TPSA) is 20.2 Å². The first-order valence-corrected chi connectivity index (χ1v) is 12.9. The summed E-state index contributed by atoms with van der Waals surface area (Å²) in [4.78, 5) is 3.72. The van der Waals surface area contributed by atoms with Crippen molar-refractivity contribution in [1.82, 2.24) is 0 Å². The van der Waals surface area contributed by atoms with Gasteiger partial charge in [-0.3, -0.25) is 0 Å². The molecule has 0 saturated heterocycles. The summed E-state index contributed by atoms with van der Waals surface area (Å²) in [6, 6.07) is 25.6. The molecule has 0 bridgehead atoms. The summed E-state index contributed by atoms with van der Waals surface area (Å²) in [5.74, 6) is 1.80. The number of benzene rings is 4. The summed E-state index contributed by atoms with van der Waals surface area (Å²) in [6.45, 7) is 2.35. The van der Waals surface area contributed by atoms with Gasteiger partial charge in [-0.25, -0.2) is 0 Å². The van der Waals surface area contributed by atoms with Crippen LogP contribution in [0, 0.1) is 5.92 Å². The fourth-order valence-electron chi connectivity index (χ4n) is 4.71. The lowest BCUT2D eigenvalue weighted by Crippen LogP contribution is -2.13. The van der Waals surface area contributed by atoms with Crippen LogP contribution in [0.3, 0.4) is 0 Å². The molecule has 0 amide bonds. The van der Waals surface area contributed by atoms with Crippen molar-refractivity contribution in [2.24, 2.45) is 5.92 Å². The van der Waals surface area contributed by atoms with Crippen molar-refractivity contribution >= 4 is 61.4 Å². The molecule has 0 spiro atoms. The van der Waals surface area contributed by atoms with Crippen molar-refractivity contribution in [3.8, 4) is 5.75 Å². The van der Waals surface area contributed by atoms with Crippen LogP contribution in [0.15, 0.2) is 92.0 Å². The first kappa shape index (κ1) is 19.5. The summed E-state index contributed by atoms with van der Waals surface area (Å²) < 4.78 is 1.10. The minimum absolute atomic E-state index is 0.318. The van der Waals surface area contributed by atoms with Gasteiger partial charge in [-0.15, -0.1) is 11.8 Å². The lowest BCUT2D eigenvalue weighted by atomic mass is 9.81. The van der Waals surface area contributed by atoms with Crippen molar-refractivity contribution < 1.29 is 5.11 Å². The summed E-state index contributed by atoms with van der Waals surface area (Å²) >= 11 is 7.34. The Hall–Kier alpha value is -2.14. The molecule has 0 aliphatic carbocycles. The third-order valence-corrected chi connectivity index (χ3v) is 9.02. The molecule has 0 radical (unpaired) electrons. The van der Waals surface area contributed by atoms with E-state index in [1.165, 1.54) is 48.4 Å². The molecule has 6 rings (SSSR count). The van der Waals surface area contributed by atoms with Crippen LogP contribution in [0.5, 0.6) is 5.75 Å². The fourth-order valence-corrected chi connectivity index (χ4v) is 7.34. The number of phenolic OH excluding ortho intramolecular Hbond substituents is 1. The van der Waals surface area contributed by atoms with E-state index in [-0.39, 0.29) is 0 Å². The minimum Gasteiger partial charge on any atom is -0.508 e. The van der Waals surface area contributed by atoms with Crippen LogP contribution in [-0.2, 0) is 0 Å². The number of allylic oxidation sites excluding steroid dienone is 1. The molecule has 1 N–H and O–H groups in total. The Kier molecular flexibility index (Phi) is 4.71. The third kappa shape index (κ3) is 3.15. The van der Waals surface area contributed by atoms with Gasteiger partial charge in [0.15, 0.2) is 0 Å². The van der Waals surface area contributed by atoms with Gasteiger partial charge in [-0.05, 0) is 87.0 Å². The molecule has 1 atom stereocenters. The molecule has 2 aliphatic heterocycles. The Morgan fingerprint density at radius 3 is 2.61 bits per heavy atom. The fraction of sp³-hybridized carbons (Fsp3) is 0.111. The van der Waals surface area contributed by atoms with E-state index in [0.717, 1.165) is 15.1 Å². The quantitative estimate of drug-likeness (QED) is 0.229. The molecule has 152 valence electrons. The van der Waals surface area contributed by atoms with Crippen LogP contribution in [0.1, 0.15) is 23.6 Å². The van der Waals surface area contributed by atoms with E-state index in [9.17, 15) is 5.11 Å². The Morgan fingerprint density at radius 2 is 1.71 bits per heavy atom. The van der Waals surface area contributed by atoms with Gasteiger partial charge in [0.2, 0.25) is 0 Å². The highest BCUT2D eigenvalue weighted by molar-refractivity contribution is 9.10.